The summed E-state index contributed by atoms with van der Waals surface area (Å²) in [5.74, 6) is -0.857. The number of likely N-dealkylation sites (tertiary alicyclic amines) is 1. The SMILES string of the molecule is CC(=O)O.O=C1COC2(CCN(Cc3[nH]nc4ncccc34)C2)CN1. The Labute approximate surface area is 144 Å². The highest BCUT2D eigenvalue weighted by molar-refractivity contribution is 5.78. The lowest BCUT2D eigenvalue weighted by molar-refractivity contribution is -0.142. The molecule has 0 aromatic carbocycles. The van der Waals surface area contributed by atoms with Crippen LogP contribution in [0.2, 0.25) is 0 Å². The van der Waals surface area contributed by atoms with Gasteiger partial charge in [0, 0.05) is 44.7 Å². The highest BCUT2D eigenvalue weighted by Gasteiger charge is 2.42. The van der Waals surface area contributed by atoms with Gasteiger partial charge in [-0.2, -0.15) is 5.10 Å². The topological polar surface area (TPSA) is 120 Å². The van der Waals surface area contributed by atoms with E-state index in [2.05, 4.69) is 25.4 Å². The standard InChI is InChI=1S/C14H17N5O2.C2H4O2/c20-12-7-21-14(8-16-12)3-5-19(9-14)6-11-10-2-1-4-15-13(10)18-17-11;1-2(3)4/h1-2,4H,3,5-9H2,(H,16,20)(H,15,17,18);1H3,(H,3,4). The van der Waals surface area contributed by atoms with E-state index in [1.165, 1.54) is 0 Å². The van der Waals surface area contributed by atoms with E-state index in [0.717, 1.165) is 49.7 Å². The number of pyridine rings is 1. The first-order chi connectivity index (χ1) is 12.0. The molecule has 2 aromatic rings. The molecule has 0 saturated carbocycles. The van der Waals surface area contributed by atoms with Crippen molar-refractivity contribution in [2.75, 3.05) is 26.2 Å². The molecule has 1 spiro atoms. The summed E-state index contributed by atoms with van der Waals surface area (Å²) in [4.78, 5) is 26.8. The second-order valence-electron chi connectivity index (χ2n) is 6.30. The normalized spacial score (nSPS) is 23.3. The van der Waals surface area contributed by atoms with Gasteiger partial charge in [0.15, 0.2) is 5.65 Å². The molecule has 9 heteroatoms. The molecule has 2 aliphatic heterocycles. The van der Waals surface area contributed by atoms with Crippen LogP contribution < -0.4 is 5.32 Å². The summed E-state index contributed by atoms with van der Waals surface area (Å²) in [6, 6.07) is 3.96. The van der Waals surface area contributed by atoms with Gasteiger partial charge in [-0.15, -0.1) is 0 Å². The Morgan fingerprint density at radius 3 is 3.04 bits per heavy atom. The Hall–Kier alpha value is -2.52. The molecule has 2 aliphatic rings. The molecule has 25 heavy (non-hydrogen) atoms. The van der Waals surface area contributed by atoms with Crippen molar-refractivity contribution in [3.8, 4) is 0 Å². The molecule has 0 bridgehead atoms. The molecule has 3 N–H and O–H groups in total. The number of nitrogens with one attached hydrogen (secondary N) is 2. The molecule has 1 atom stereocenters. The molecule has 1 unspecified atom stereocenters. The van der Waals surface area contributed by atoms with Gasteiger partial charge in [0.2, 0.25) is 5.91 Å². The van der Waals surface area contributed by atoms with Crippen LogP contribution in [0.15, 0.2) is 18.3 Å². The number of hydrogen-bond acceptors (Lipinski definition) is 6. The number of amides is 1. The first-order valence-electron chi connectivity index (χ1n) is 8.08. The molecule has 4 rings (SSSR count). The van der Waals surface area contributed by atoms with Crippen molar-refractivity contribution in [3.05, 3.63) is 24.0 Å². The van der Waals surface area contributed by atoms with E-state index >= 15 is 0 Å². The van der Waals surface area contributed by atoms with E-state index in [0.29, 0.717) is 6.54 Å². The van der Waals surface area contributed by atoms with Gasteiger partial charge in [-0.3, -0.25) is 19.6 Å². The van der Waals surface area contributed by atoms with Crippen LogP contribution in [0.1, 0.15) is 19.0 Å². The summed E-state index contributed by atoms with van der Waals surface area (Å²) in [7, 11) is 0. The highest BCUT2D eigenvalue weighted by atomic mass is 16.5. The second kappa shape index (κ2) is 7.16. The monoisotopic (exact) mass is 347 g/mol. The van der Waals surface area contributed by atoms with Crippen molar-refractivity contribution in [2.24, 2.45) is 0 Å². The zero-order valence-corrected chi connectivity index (χ0v) is 14.0. The van der Waals surface area contributed by atoms with Crippen molar-refractivity contribution in [1.29, 1.82) is 0 Å². The van der Waals surface area contributed by atoms with Crippen LogP contribution in [-0.4, -0.2) is 68.9 Å². The van der Waals surface area contributed by atoms with Crippen molar-refractivity contribution in [1.82, 2.24) is 25.4 Å². The van der Waals surface area contributed by atoms with Crippen LogP contribution in [-0.2, 0) is 20.9 Å². The number of rotatable bonds is 2. The zero-order valence-electron chi connectivity index (χ0n) is 14.0. The summed E-state index contributed by atoms with van der Waals surface area (Å²) < 4.78 is 5.78. The molecular formula is C16H21N5O4. The summed E-state index contributed by atoms with van der Waals surface area (Å²) in [5.41, 5.74) is 1.61. The molecule has 1 amide bonds. The number of fused-ring (bicyclic) bond motifs is 1. The minimum Gasteiger partial charge on any atom is -0.481 e. The molecule has 2 fully saturated rings. The molecule has 9 nitrogen and oxygen atoms in total. The van der Waals surface area contributed by atoms with Crippen molar-refractivity contribution in [3.63, 3.8) is 0 Å². The van der Waals surface area contributed by atoms with E-state index in [4.69, 9.17) is 14.6 Å². The molecule has 134 valence electrons. The number of carbonyl (C=O) groups excluding carboxylic acids is 1. The van der Waals surface area contributed by atoms with E-state index in [1.54, 1.807) is 6.20 Å². The Kier molecular flexibility index (Phi) is 4.95. The first kappa shape index (κ1) is 17.3. The molecule has 2 aromatic heterocycles. The highest BCUT2D eigenvalue weighted by Crippen LogP contribution is 2.28. The van der Waals surface area contributed by atoms with E-state index in [-0.39, 0.29) is 18.1 Å². The van der Waals surface area contributed by atoms with Crippen molar-refractivity contribution >= 4 is 22.9 Å². The summed E-state index contributed by atoms with van der Waals surface area (Å²) in [5, 5.41) is 18.7. The minimum absolute atomic E-state index is 0.0234. The number of aromatic nitrogens is 3. The first-order valence-corrected chi connectivity index (χ1v) is 8.08. The Balaban J connectivity index is 0.000000415. The molecule has 4 heterocycles. The van der Waals surface area contributed by atoms with E-state index in [9.17, 15) is 4.79 Å². The van der Waals surface area contributed by atoms with Gasteiger partial charge < -0.3 is 15.2 Å². The van der Waals surface area contributed by atoms with Crippen molar-refractivity contribution in [2.45, 2.75) is 25.5 Å². The van der Waals surface area contributed by atoms with Gasteiger partial charge in [0.25, 0.3) is 5.97 Å². The number of carboxylic acid groups (broad SMARTS) is 1. The third kappa shape index (κ3) is 4.12. The summed E-state index contributed by atoms with van der Waals surface area (Å²) >= 11 is 0. The molecule has 0 aliphatic carbocycles. The van der Waals surface area contributed by atoms with Crippen LogP contribution in [0.25, 0.3) is 11.0 Å². The maximum atomic E-state index is 11.2. The molecule has 2 saturated heterocycles. The number of morpholine rings is 1. The van der Waals surface area contributed by atoms with Crippen LogP contribution in [0.3, 0.4) is 0 Å². The average molecular weight is 347 g/mol. The fourth-order valence-corrected chi connectivity index (χ4v) is 3.15. The van der Waals surface area contributed by atoms with Crippen LogP contribution in [0.4, 0.5) is 0 Å². The predicted molar refractivity (Wildman–Crippen MR) is 88.8 cm³/mol. The van der Waals surface area contributed by atoms with Gasteiger partial charge >= 0.3 is 0 Å². The Morgan fingerprint density at radius 1 is 1.52 bits per heavy atom. The maximum Gasteiger partial charge on any atom is 0.300 e. The number of aliphatic carboxylic acids is 1. The number of carbonyl (C=O) groups is 2. The quantitative estimate of drug-likeness (QED) is 0.706. The van der Waals surface area contributed by atoms with E-state index < -0.39 is 5.97 Å². The third-order valence-corrected chi connectivity index (χ3v) is 4.30. The van der Waals surface area contributed by atoms with Crippen molar-refractivity contribution < 1.29 is 19.4 Å². The average Bonchev–Trinajstić information content (AvgIpc) is 3.16. The van der Waals surface area contributed by atoms with Crippen LogP contribution in [0, 0.1) is 0 Å². The summed E-state index contributed by atoms with van der Waals surface area (Å²) in [6.07, 6.45) is 2.69. The minimum atomic E-state index is -0.833. The van der Waals surface area contributed by atoms with Gasteiger partial charge in [-0.1, -0.05) is 0 Å². The predicted octanol–water partition coefficient (Wildman–Crippen LogP) is 0.140. The maximum absolute atomic E-state index is 11.2. The third-order valence-electron chi connectivity index (χ3n) is 4.30. The van der Waals surface area contributed by atoms with Gasteiger partial charge in [0.1, 0.15) is 6.61 Å². The number of aromatic amines is 1. The summed E-state index contributed by atoms with van der Waals surface area (Å²) in [6.45, 7) is 4.43. The van der Waals surface area contributed by atoms with Gasteiger partial charge in [0.05, 0.1) is 11.3 Å². The Bertz CT molecular complexity index is 761. The van der Waals surface area contributed by atoms with E-state index in [1.807, 2.05) is 12.1 Å². The van der Waals surface area contributed by atoms with Crippen LogP contribution in [0.5, 0.6) is 0 Å². The number of ether oxygens (including phenoxy) is 1. The lowest BCUT2D eigenvalue weighted by Crippen LogP contribution is -2.53. The molecular weight excluding hydrogens is 326 g/mol. The lowest BCUT2D eigenvalue weighted by Gasteiger charge is -2.33. The fraction of sp³-hybridized carbons (Fsp3) is 0.500. The lowest BCUT2D eigenvalue weighted by atomic mass is 10.0. The second-order valence-corrected chi connectivity index (χ2v) is 6.30. The molecule has 0 radical (unpaired) electrons. The fourth-order valence-electron chi connectivity index (χ4n) is 3.15. The smallest absolute Gasteiger partial charge is 0.300 e. The number of carboxylic acids is 1. The van der Waals surface area contributed by atoms with Gasteiger partial charge in [-0.05, 0) is 18.6 Å². The zero-order chi connectivity index (χ0) is 17.9. The Morgan fingerprint density at radius 2 is 2.32 bits per heavy atom. The number of hydrogen-bond donors (Lipinski definition) is 3. The largest absolute Gasteiger partial charge is 0.481 e. The van der Waals surface area contributed by atoms with Gasteiger partial charge in [-0.25, -0.2) is 4.98 Å². The number of H-pyrrole nitrogens is 1. The van der Waals surface area contributed by atoms with Crippen LogP contribution >= 0.6 is 0 Å². The number of nitrogens with zero attached hydrogens (tertiary/aromatic N) is 3.